The summed E-state index contributed by atoms with van der Waals surface area (Å²) in [4.78, 5) is 20.2. The van der Waals surface area contributed by atoms with E-state index in [2.05, 4.69) is 27.7 Å². The zero-order valence-electron chi connectivity index (χ0n) is 26.2. The van der Waals surface area contributed by atoms with Gasteiger partial charge in [-0.1, -0.05) is 66.2 Å². The van der Waals surface area contributed by atoms with Gasteiger partial charge in [0, 0.05) is 12.8 Å². The van der Waals surface area contributed by atoms with Gasteiger partial charge in [0.25, 0.3) is 0 Å². The fourth-order valence-electron chi connectivity index (χ4n) is 3.06. The lowest BCUT2D eigenvalue weighted by Crippen LogP contribution is -2.27. The van der Waals surface area contributed by atoms with Gasteiger partial charge in [-0.2, -0.15) is 0 Å². The third kappa shape index (κ3) is 44.0. The molecule has 0 aromatic rings. The molecule has 0 aliphatic heterocycles. The quantitative estimate of drug-likeness (QED) is 0.117. The smallest absolute Gasteiger partial charge is 0.303 e. The summed E-state index contributed by atoms with van der Waals surface area (Å²) < 4.78 is 16.2. The van der Waals surface area contributed by atoms with Crippen LogP contribution < -0.4 is 0 Å². The van der Waals surface area contributed by atoms with Gasteiger partial charge in [0.05, 0.1) is 50.8 Å². The van der Waals surface area contributed by atoms with Gasteiger partial charge in [-0.15, -0.1) is 0 Å². The third-order valence-electron chi connectivity index (χ3n) is 5.45. The molecule has 0 radical (unpaired) electrons. The highest BCUT2D eigenvalue weighted by molar-refractivity contribution is 5.66. The Morgan fingerprint density at radius 1 is 0.564 bits per heavy atom. The van der Waals surface area contributed by atoms with Crippen LogP contribution in [0.3, 0.4) is 0 Å². The highest BCUT2D eigenvalue weighted by atomic mass is 16.6. The van der Waals surface area contributed by atoms with E-state index >= 15 is 0 Å². The molecule has 0 saturated carbocycles. The Morgan fingerprint density at radius 3 is 1.23 bits per heavy atom. The molecule has 0 saturated heterocycles. The molecule has 9 nitrogen and oxygen atoms in total. The molecule has 236 valence electrons. The molecule has 9 heteroatoms. The first-order valence-electron chi connectivity index (χ1n) is 14.8. The lowest BCUT2D eigenvalue weighted by molar-refractivity contribution is -0.138. The maximum atomic E-state index is 10.1. The average Bonchev–Trinajstić information content (AvgIpc) is 2.84. The molecule has 0 aliphatic carbocycles. The van der Waals surface area contributed by atoms with Crippen molar-refractivity contribution in [3.05, 3.63) is 0 Å². The number of hydrogen-bond donors (Lipinski definition) is 4. The van der Waals surface area contributed by atoms with E-state index in [1.54, 1.807) is 13.8 Å². The maximum absolute atomic E-state index is 10.1. The summed E-state index contributed by atoms with van der Waals surface area (Å²) in [7, 11) is 0. The van der Waals surface area contributed by atoms with Crippen molar-refractivity contribution in [1.29, 1.82) is 0 Å². The Bertz CT molecular complexity index is 511. The number of unbranched alkanes of at least 4 members (excludes halogenated alkanes) is 4. The van der Waals surface area contributed by atoms with Crippen molar-refractivity contribution in [2.24, 2.45) is 11.8 Å². The zero-order chi connectivity index (χ0) is 30.6. The summed E-state index contributed by atoms with van der Waals surface area (Å²) in [5.41, 5.74) is 0. The number of hydrogen-bond acceptors (Lipinski definition) is 7. The van der Waals surface area contributed by atoms with E-state index in [1.165, 1.54) is 25.7 Å². The maximum Gasteiger partial charge on any atom is 0.303 e. The average molecular weight is 567 g/mol. The number of rotatable bonds is 22. The van der Waals surface area contributed by atoms with Crippen molar-refractivity contribution in [1.82, 2.24) is 0 Å². The molecule has 0 aromatic carbocycles. The summed E-state index contributed by atoms with van der Waals surface area (Å²) in [5, 5.41) is 34.5. The predicted molar refractivity (Wildman–Crippen MR) is 156 cm³/mol. The van der Waals surface area contributed by atoms with Crippen LogP contribution in [0.4, 0.5) is 0 Å². The molecular weight excluding hydrogens is 504 g/mol. The molecule has 4 atom stereocenters. The molecule has 0 fully saturated rings. The van der Waals surface area contributed by atoms with Crippen molar-refractivity contribution in [2.75, 3.05) is 26.4 Å². The van der Waals surface area contributed by atoms with Gasteiger partial charge >= 0.3 is 11.9 Å². The first-order valence-corrected chi connectivity index (χ1v) is 14.8. The van der Waals surface area contributed by atoms with E-state index < -0.39 is 18.0 Å². The Morgan fingerprint density at radius 2 is 0.923 bits per heavy atom. The van der Waals surface area contributed by atoms with Gasteiger partial charge < -0.3 is 34.6 Å². The molecular formula is C30H62O9. The topological polar surface area (TPSA) is 143 Å². The van der Waals surface area contributed by atoms with E-state index in [0.717, 1.165) is 37.5 Å². The van der Waals surface area contributed by atoms with Crippen LogP contribution in [0, 0.1) is 11.8 Å². The molecule has 4 N–H and O–H groups in total. The fourth-order valence-corrected chi connectivity index (χ4v) is 3.06. The SMILES string of the molecule is CC(C)CCCCCC(=O)O.CC(C)CCCCCC(=O)O.CC(O)COC(C)COC(C)COC(C)CO. The van der Waals surface area contributed by atoms with E-state index in [4.69, 9.17) is 34.6 Å². The molecule has 0 amide bonds. The highest BCUT2D eigenvalue weighted by Crippen LogP contribution is 2.10. The molecule has 0 rings (SSSR count). The zero-order valence-corrected chi connectivity index (χ0v) is 26.2. The number of aliphatic carboxylic acids is 2. The molecule has 0 aromatic heterocycles. The highest BCUT2D eigenvalue weighted by Gasteiger charge is 2.10. The number of aliphatic hydroxyl groups excluding tert-OH is 2. The number of carbonyl (C=O) groups is 2. The van der Waals surface area contributed by atoms with Crippen molar-refractivity contribution in [3.8, 4) is 0 Å². The molecule has 4 unspecified atom stereocenters. The second-order valence-electron chi connectivity index (χ2n) is 11.2. The second-order valence-corrected chi connectivity index (χ2v) is 11.2. The van der Waals surface area contributed by atoms with Gasteiger partial charge in [0.2, 0.25) is 0 Å². The van der Waals surface area contributed by atoms with Crippen LogP contribution in [-0.2, 0) is 23.8 Å². The molecule has 0 bridgehead atoms. The minimum atomic E-state index is -0.672. The van der Waals surface area contributed by atoms with E-state index in [1.807, 2.05) is 13.8 Å². The normalized spacial score (nSPS) is 14.1. The number of ether oxygens (including phenoxy) is 3. The van der Waals surface area contributed by atoms with Crippen LogP contribution in [0.5, 0.6) is 0 Å². The predicted octanol–water partition coefficient (Wildman–Crippen LogP) is 5.93. The van der Waals surface area contributed by atoms with E-state index in [0.29, 0.717) is 32.7 Å². The first kappa shape index (κ1) is 42.2. The van der Waals surface area contributed by atoms with Crippen LogP contribution >= 0.6 is 0 Å². The van der Waals surface area contributed by atoms with Gasteiger partial charge in [0.15, 0.2) is 0 Å². The Kier molecular flexibility index (Phi) is 32.2. The number of carboxylic acids is 2. The van der Waals surface area contributed by atoms with Gasteiger partial charge in [0.1, 0.15) is 0 Å². The van der Waals surface area contributed by atoms with Crippen molar-refractivity contribution < 1.29 is 44.2 Å². The molecule has 0 heterocycles. The van der Waals surface area contributed by atoms with Crippen LogP contribution in [0.2, 0.25) is 0 Å². The van der Waals surface area contributed by atoms with E-state index in [-0.39, 0.29) is 24.9 Å². The van der Waals surface area contributed by atoms with Gasteiger partial charge in [-0.25, -0.2) is 0 Å². The molecule has 39 heavy (non-hydrogen) atoms. The Hall–Kier alpha value is -1.26. The first-order chi connectivity index (χ1) is 18.2. The minimum absolute atomic E-state index is 0.0145. The van der Waals surface area contributed by atoms with Crippen LogP contribution in [0.25, 0.3) is 0 Å². The number of aliphatic hydroxyl groups is 2. The Labute approximate surface area is 238 Å². The van der Waals surface area contributed by atoms with Gasteiger partial charge in [-0.05, 0) is 52.4 Å². The largest absolute Gasteiger partial charge is 0.481 e. The lowest BCUT2D eigenvalue weighted by Gasteiger charge is -2.19. The van der Waals surface area contributed by atoms with Crippen molar-refractivity contribution >= 4 is 11.9 Å². The fraction of sp³-hybridized carbons (Fsp3) is 0.933. The standard InChI is InChI=1S/C12H26O5.2C9H18O2/c1-9(14)6-15-11(3)8-17-12(4)7-16-10(2)5-13;2*1-8(2)6-4-3-5-7-9(10)11/h9-14H,5-8H2,1-4H3;2*8H,3-7H2,1-2H3,(H,10,11). The summed E-state index contributed by atoms with van der Waals surface area (Å²) >= 11 is 0. The monoisotopic (exact) mass is 566 g/mol. The summed E-state index contributed by atoms with van der Waals surface area (Å²) in [6.07, 6.45) is 8.53. The summed E-state index contributed by atoms with van der Waals surface area (Å²) in [6, 6.07) is 0. The van der Waals surface area contributed by atoms with Gasteiger partial charge in [-0.3, -0.25) is 9.59 Å². The molecule has 0 spiro atoms. The summed E-state index contributed by atoms with van der Waals surface area (Å²) in [5.74, 6) is 0.156. The van der Waals surface area contributed by atoms with Crippen LogP contribution in [-0.4, -0.2) is 83.2 Å². The van der Waals surface area contributed by atoms with Crippen LogP contribution in [0.15, 0.2) is 0 Å². The molecule has 0 aliphatic rings. The van der Waals surface area contributed by atoms with Crippen LogP contribution in [0.1, 0.15) is 120 Å². The third-order valence-corrected chi connectivity index (χ3v) is 5.45. The van der Waals surface area contributed by atoms with Crippen molar-refractivity contribution in [3.63, 3.8) is 0 Å². The summed E-state index contributed by atoms with van der Waals surface area (Å²) in [6.45, 7) is 17.3. The lowest BCUT2D eigenvalue weighted by atomic mass is 10.0. The van der Waals surface area contributed by atoms with E-state index in [9.17, 15) is 9.59 Å². The number of carboxylic acid groups (broad SMARTS) is 2. The minimum Gasteiger partial charge on any atom is -0.481 e. The van der Waals surface area contributed by atoms with Crippen molar-refractivity contribution in [2.45, 2.75) is 144 Å². The second kappa shape index (κ2) is 29.7. The Balaban J connectivity index is -0.000000519.